The first-order valence-electron chi connectivity index (χ1n) is 12.1. The van der Waals surface area contributed by atoms with Crippen LogP contribution in [-0.4, -0.2) is 41.5 Å². The van der Waals surface area contributed by atoms with Crippen LogP contribution in [0.5, 0.6) is 0 Å². The summed E-state index contributed by atoms with van der Waals surface area (Å²) in [6.07, 6.45) is 0.913. The molecular formula is C28H31N5O5. The van der Waals surface area contributed by atoms with Gasteiger partial charge < -0.3 is 32.1 Å². The molecule has 0 fully saturated rings. The lowest BCUT2D eigenvalue weighted by atomic mass is 10.1. The largest absolute Gasteiger partial charge is 0.478 e. The average molecular weight is 518 g/mol. The number of rotatable bonds is 11. The van der Waals surface area contributed by atoms with E-state index in [0.717, 1.165) is 5.56 Å². The van der Waals surface area contributed by atoms with Gasteiger partial charge in [-0.15, -0.1) is 0 Å². The van der Waals surface area contributed by atoms with Gasteiger partial charge >= 0.3 is 12.0 Å². The van der Waals surface area contributed by atoms with Gasteiger partial charge in [0.25, 0.3) is 0 Å². The van der Waals surface area contributed by atoms with E-state index < -0.39 is 17.9 Å². The van der Waals surface area contributed by atoms with Crippen molar-refractivity contribution in [3.63, 3.8) is 0 Å². The summed E-state index contributed by atoms with van der Waals surface area (Å²) in [4.78, 5) is 48.8. The van der Waals surface area contributed by atoms with Crippen LogP contribution >= 0.6 is 0 Å². The Hall–Kier alpha value is -4.70. The molecule has 3 rings (SSSR count). The van der Waals surface area contributed by atoms with Crippen molar-refractivity contribution in [2.24, 2.45) is 5.73 Å². The van der Waals surface area contributed by atoms with Gasteiger partial charge in [-0.1, -0.05) is 30.3 Å². The molecule has 3 aromatic carbocycles. The molecule has 0 aromatic heterocycles. The first kappa shape index (κ1) is 27.9. The number of hydrogen-bond acceptors (Lipinski definition) is 5. The van der Waals surface area contributed by atoms with Crippen LogP contribution in [0.4, 0.5) is 21.9 Å². The Balaban J connectivity index is 1.54. The number of carbonyl (C=O) groups is 4. The lowest BCUT2D eigenvalue weighted by Gasteiger charge is -2.18. The predicted molar refractivity (Wildman–Crippen MR) is 146 cm³/mol. The Bertz CT molecular complexity index is 1280. The van der Waals surface area contributed by atoms with Gasteiger partial charge in [-0.2, -0.15) is 0 Å². The van der Waals surface area contributed by atoms with E-state index >= 15 is 0 Å². The molecule has 7 N–H and O–H groups in total. The first-order valence-corrected chi connectivity index (χ1v) is 12.1. The molecular weight excluding hydrogens is 486 g/mol. The highest BCUT2D eigenvalue weighted by Crippen LogP contribution is 2.15. The van der Waals surface area contributed by atoms with Crippen molar-refractivity contribution in [2.75, 3.05) is 22.5 Å². The lowest BCUT2D eigenvalue weighted by Crippen LogP contribution is -2.44. The highest BCUT2D eigenvalue weighted by molar-refractivity contribution is 6.00. The second-order valence-electron chi connectivity index (χ2n) is 8.69. The van der Waals surface area contributed by atoms with Crippen molar-refractivity contribution in [3.8, 4) is 0 Å². The summed E-state index contributed by atoms with van der Waals surface area (Å²) in [5, 5.41) is 20.0. The third-order valence-electron chi connectivity index (χ3n) is 5.72. The zero-order valence-electron chi connectivity index (χ0n) is 21.0. The highest BCUT2D eigenvalue weighted by atomic mass is 16.4. The minimum absolute atomic E-state index is 0.0371. The van der Waals surface area contributed by atoms with Crippen LogP contribution in [0.3, 0.4) is 0 Å². The summed E-state index contributed by atoms with van der Waals surface area (Å²) < 4.78 is 0. The summed E-state index contributed by atoms with van der Waals surface area (Å²) in [6, 6.07) is 18.8. The van der Waals surface area contributed by atoms with E-state index in [0.29, 0.717) is 42.0 Å². The van der Waals surface area contributed by atoms with Crippen molar-refractivity contribution in [1.29, 1.82) is 0 Å². The fourth-order valence-corrected chi connectivity index (χ4v) is 3.65. The first-order chi connectivity index (χ1) is 18.2. The predicted octanol–water partition coefficient (Wildman–Crippen LogP) is 3.74. The van der Waals surface area contributed by atoms with Crippen LogP contribution in [0.1, 0.15) is 34.3 Å². The number of anilines is 3. The van der Waals surface area contributed by atoms with Crippen molar-refractivity contribution in [2.45, 2.75) is 32.2 Å². The topological polar surface area (TPSA) is 163 Å². The van der Waals surface area contributed by atoms with Crippen LogP contribution in [0.2, 0.25) is 0 Å². The Morgan fingerprint density at radius 2 is 1.47 bits per heavy atom. The molecule has 38 heavy (non-hydrogen) atoms. The second kappa shape index (κ2) is 13.6. The van der Waals surface area contributed by atoms with Gasteiger partial charge in [0.15, 0.2) is 0 Å². The maximum Gasteiger partial charge on any atom is 0.335 e. The number of amides is 4. The molecule has 0 saturated heterocycles. The molecule has 10 nitrogen and oxygen atoms in total. The molecule has 0 radical (unpaired) electrons. The third kappa shape index (κ3) is 8.45. The summed E-state index contributed by atoms with van der Waals surface area (Å²) in [7, 11) is 0. The number of benzene rings is 3. The number of urea groups is 1. The van der Waals surface area contributed by atoms with Gasteiger partial charge in [-0.3, -0.25) is 9.59 Å². The van der Waals surface area contributed by atoms with Crippen molar-refractivity contribution >= 4 is 40.9 Å². The van der Waals surface area contributed by atoms with Gasteiger partial charge in [0.05, 0.1) is 12.0 Å². The SMILES string of the molecule is Cc1ccccc1NC(=O)Nc1ccc(CC(=O)NC(CCCN)C(=O)Nc2ccc(C(=O)O)cc2)cc1. The van der Waals surface area contributed by atoms with Gasteiger partial charge in [-0.25, -0.2) is 9.59 Å². The van der Waals surface area contributed by atoms with Crippen molar-refractivity contribution < 1.29 is 24.3 Å². The number of carboxylic acids is 1. The zero-order chi connectivity index (χ0) is 27.5. The molecule has 0 aliphatic heterocycles. The molecule has 0 spiro atoms. The van der Waals surface area contributed by atoms with Crippen LogP contribution in [-0.2, 0) is 16.0 Å². The number of nitrogens with one attached hydrogen (secondary N) is 4. The number of carbonyl (C=O) groups excluding carboxylic acids is 3. The Labute approximate surface area is 220 Å². The van der Waals surface area contributed by atoms with E-state index in [2.05, 4.69) is 21.3 Å². The molecule has 1 unspecified atom stereocenters. The van der Waals surface area contributed by atoms with E-state index in [-0.39, 0.29) is 23.9 Å². The number of aryl methyl sites for hydroxylation is 1. The smallest absolute Gasteiger partial charge is 0.335 e. The quantitative estimate of drug-likeness (QED) is 0.227. The van der Waals surface area contributed by atoms with Crippen molar-refractivity contribution in [1.82, 2.24) is 5.32 Å². The maximum atomic E-state index is 12.8. The molecule has 0 aliphatic rings. The third-order valence-corrected chi connectivity index (χ3v) is 5.72. The highest BCUT2D eigenvalue weighted by Gasteiger charge is 2.21. The van der Waals surface area contributed by atoms with Crippen LogP contribution in [0.25, 0.3) is 0 Å². The normalized spacial score (nSPS) is 11.2. The minimum atomic E-state index is -1.06. The summed E-state index contributed by atoms with van der Waals surface area (Å²) in [5.74, 6) is -1.83. The molecule has 1 atom stereocenters. The summed E-state index contributed by atoms with van der Waals surface area (Å²) in [5.41, 5.74) is 9.04. The van der Waals surface area contributed by atoms with E-state index in [9.17, 15) is 19.2 Å². The van der Waals surface area contributed by atoms with Gasteiger partial charge in [0, 0.05) is 17.1 Å². The number of hydrogen-bond donors (Lipinski definition) is 6. The monoisotopic (exact) mass is 517 g/mol. The molecule has 0 heterocycles. The summed E-state index contributed by atoms with van der Waals surface area (Å²) in [6.45, 7) is 2.26. The molecule has 0 saturated carbocycles. The van der Waals surface area contributed by atoms with Crippen LogP contribution in [0, 0.1) is 6.92 Å². The fraction of sp³-hybridized carbons (Fsp3) is 0.214. The number of carboxylic acid groups (broad SMARTS) is 1. The van der Waals surface area contributed by atoms with Crippen molar-refractivity contribution in [3.05, 3.63) is 89.5 Å². The molecule has 3 aromatic rings. The van der Waals surface area contributed by atoms with E-state index in [1.807, 2.05) is 31.2 Å². The molecule has 4 amide bonds. The number of nitrogens with two attached hydrogens (primary N) is 1. The Kier molecular flexibility index (Phi) is 9.95. The minimum Gasteiger partial charge on any atom is -0.478 e. The summed E-state index contributed by atoms with van der Waals surface area (Å²) >= 11 is 0. The van der Waals surface area contributed by atoms with E-state index in [1.54, 1.807) is 24.3 Å². The zero-order valence-corrected chi connectivity index (χ0v) is 21.0. The molecule has 10 heteroatoms. The lowest BCUT2D eigenvalue weighted by molar-refractivity contribution is -0.126. The number of aromatic carboxylic acids is 1. The van der Waals surface area contributed by atoms with Gasteiger partial charge in [-0.05, 0) is 79.9 Å². The van der Waals surface area contributed by atoms with Gasteiger partial charge in [0.1, 0.15) is 6.04 Å². The maximum absolute atomic E-state index is 12.8. The van der Waals surface area contributed by atoms with E-state index in [1.165, 1.54) is 24.3 Å². The molecule has 0 bridgehead atoms. The Morgan fingerprint density at radius 1 is 0.842 bits per heavy atom. The second-order valence-corrected chi connectivity index (χ2v) is 8.69. The standard InChI is InChI=1S/C28H31N5O5/c1-18-5-2-3-6-23(18)33-28(38)31-22-12-8-19(9-13-22)17-25(34)32-24(7-4-16-29)26(35)30-21-14-10-20(11-15-21)27(36)37/h2-3,5-6,8-15,24H,4,7,16-17,29H2,1H3,(H,30,35)(H,32,34)(H,36,37)(H2,31,33,38). The van der Waals surface area contributed by atoms with Crippen LogP contribution < -0.4 is 27.0 Å². The van der Waals surface area contributed by atoms with Crippen LogP contribution in [0.15, 0.2) is 72.8 Å². The van der Waals surface area contributed by atoms with E-state index in [4.69, 9.17) is 10.8 Å². The average Bonchev–Trinajstić information content (AvgIpc) is 2.89. The molecule has 198 valence electrons. The van der Waals surface area contributed by atoms with Gasteiger partial charge in [0.2, 0.25) is 11.8 Å². The molecule has 0 aliphatic carbocycles. The Morgan fingerprint density at radius 3 is 2.11 bits per heavy atom. The fourth-order valence-electron chi connectivity index (χ4n) is 3.65. The number of para-hydroxylation sites is 1.